The third-order valence-electron chi connectivity index (χ3n) is 5.63. The summed E-state index contributed by atoms with van der Waals surface area (Å²) >= 11 is 0. The Labute approximate surface area is 181 Å². The fraction of sp³-hybridized carbons (Fsp3) is 0.435. The molecule has 0 atom stereocenters. The molecule has 0 saturated carbocycles. The molecule has 1 aromatic carbocycles. The van der Waals surface area contributed by atoms with Crippen molar-refractivity contribution in [1.82, 2.24) is 19.9 Å². The molecular weight excluding hydrogens is 396 g/mol. The third-order valence-corrected chi connectivity index (χ3v) is 5.63. The number of aromatic amines is 1. The number of H-pyrrole nitrogens is 1. The highest BCUT2D eigenvalue weighted by Crippen LogP contribution is 2.30. The van der Waals surface area contributed by atoms with Crippen LogP contribution in [0.2, 0.25) is 0 Å². The van der Waals surface area contributed by atoms with Crippen molar-refractivity contribution >= 4 is 11.0 Å². The van der Waals surface area contributed by atoms with Gasteiger partial charge in [0.1, 0.15) is 29.3 Å². The van der Waals surface area contributed by atoms with Crippen LogP contribution in [0.5, 0.6) is 17.4 Å². The molecule has 8 nitrogen and oxygen atoms in total. The maximum Gasteiger partial charge on any atom is 0.264 e. The summed E-state index contributed by atoms with van der Waals surface area (Å²) in [5.74, 6) is 2.03. The molecule has 0 aliphatic carbocycles. The lowest BCUT2D eigenvalue weighted by atomic mass is 10.0. The number of pyridine rings is 1. The van der Waals surface area contributed by atoms with Crippen molar-refractivity contribution in [2.45, 2.75) is 26.7 Å². The number of nitrogens with zero attached hydrogens (tertiary/aromatic N) is 3. The summed E-state index contributed by atoms with van der Waals surface area (Å²) in [4.78, 5) is 27.0. The maximum atomic E-state index is 12.8. The van der Waals surface area contributed by atoms with E-state index in [-0.39, 0.29) is 11.2 Å². The first-order chi connectivity index (χ1) is 15.0. The number of aromatic nitrogens is 3. The van der Waals surface area contributed by atoms with Gasteiger partial charge in [0.05, 0.1) is 14.2 Å². The van der Waals surface area contributed by atoms with Gasteiger partial charge in [-0.3, -0.25) is 9.69 Å². The summed E-state index contributed by atoms with van der Waals surface area (Å²) in [6.07, 6.45) is 2.55. The monoisotopic (exact) mass is 424 g/mol. The van der Waals surface area contributed by atoms with Crippen molar-refractivity contribution in [3.8, 4) is 28.8 Å². The Bertz CT molecular complexity index is 1130. The summed E-state index contributed by atoms with van der Waals surface area (Å²) < 4.78 is 16.6. The minimum Gasteiger partial charge on any atom is -0.496 e. The van der Waals surface area contributed by atoms with E-state index in [1.807, 2.05) is 26.0 Å². The summed E-state index contributed by atoms with van der Waals surface area (Å²) in [7, 11) is 3.01. The largest absolute Gasteiger partial charge is 0.496 e. The number of rotatable bonds is 7. The van der Waals surface area contributed by atoms with Gasteiger partial charge in [0.25, 0.3) is 5.56 Å². The molecule has 1 saturated heterocycles. The molecule has 0 spiro atoms. The predicted molar refractivity (Wildman–Crippen MR) is 119 cm³/mol. The van der Waals surface area contributed by atoms with Gasteiger partial charge in [0.2, 0.25) is 5.88 Å². The average molecular weight is 425 g/mol. The van der Waals surface area contributed by atoms with Gasteiger partial charge in [-0.05, 0) is 63.0 Å². The molecule has 31 heavy (non-hydrogen) atoms. The van der Waals surface area contributed by atoms with E-state index >= 15 is 0 Å². The first kappa shape index (κ1) is 21.1. The van der Waals surface area contributed by atoms with E-state index in [1.54, 1.807) is 6.07 Å². The zero-order valence-electron chi connectivity index (χ0n) is 18.4. The molecule has 0 unspecified atom stereocenters. The lowest BCUT2D eigenvalue weighted by Crippen LogP contribution is -2.25. The van der Waals surface area contributed by atoms with E-state index in [4.69, 9.17) is 14.2 Å². The van der Waals surface area contributed by atoms with Gasteiger partial charge in [0, 0.05) is 18.2 Å². The highest BCUT2D eigenvalue weighted by Gasteiger charge is 2.16. The van der Waals surface area contributed by atoms with Crippen molar-refractivity contribution in [1.29, 1.82) is 0 Å². The van der Waals surface area contributed by atoms with Crippen LogP contribution in [0.25, 0.3) is 22.4 Å². The van der Waals surface area contributed by atoms with E-state index in [2.05, 4.69) is 19.9 Å². The number of aryl methyl sites for hydroxylation is 2. The summed E-state index contributed by atoms with van der Waals surface area (Å²) in [6, 6.07) is 5.51. The van der Waals surface area contributed by atoms with Gasteiger partial charge < -0.3 is 19.2 Å². The van der Waals surface area contributed by atoms with E-state index in [0.29, 0.717) is 29.4 Å². The fourth-order valence-electron chi connectivity index (χ4n) is 4.09. The quantitative estimate of drug-likeness (QED) is 0.623. The first-order valence-corrected chi connectivity index (χ1v) is 10.5. The molecule has 8 heteroatoms. The van der Waals surface area contributed by atoms with E-state index in [1.165, 1.54) is 27.1 Å². The van der Waals surface area contributed by atoms with Crippen molar-refractivity contribution < 1.29 is 14.2 Å². The van der Waals surface area contributed by atoms with Gasteiger partial charge in [-0.2, -0.15) is 4.98 Å². The minimum atomic E-state index is -0.312. The maximum absolute atomic E-state index is 12.8. The van der Waals surface area contributed by atoms with Crippen molar-refractivity contribution in [2.24, 2.45) is 0 Å². The standard InChI is InChI=1S/C23H28N4O4/c1-14-11-16(12-15(2)20(14)31-10-9-27-7-5-6-8-27)21-25-22-19(23(28)26-21)17(29-3)13-18(24-22)30-4/h11-13H,5-10H2,1-4H3,(H,24,25,26,28). The van der Waals surface area contributed by atoms with Crippen LogP contribution in [0.1, 0.15) is 24.0 Å². The van der Waals surface area contributed by atoms with Gasteiger partial charge in [-0.1, -0.05) is 0 Å². The number of hydrogen-bond donors (Lipinski definition) is 1. The third kappa shape index (κ3) is 4.34. The molecule has 3 heterocycles. The topological polar surface area (TPSA) is 89.6 Å². The molecular formula is C23H28N4O4. The van der Waals surface area contributed by atoms with E-state index < -0.39 is 0 Å². The zero-order chi connectivity index (χ0) is 22.0. The van der Waals surface area contributed by atoms with Crippen LogP contribution in [0, 0.1) is 13.8 Å². The van der Waals surface area contributed by atoms with Crippen LogP contribution < -0.4 is 19.8 Å². The summed E-state index contributed by atoms with van der Waals surface area (Å²) in [5.41, 5.74) is 2.75. The van der Waals surface area contributed by atoms with Crippen LogP contribution in [0.4, 0.5) is 0 Å². The minimum absolute atomic E-state index is 0.274. The fourth-order valence-corrected chi connectivity index (χ4v) is 4.09. The van der Waals surface area contributed by atoms with Crippen molar-refractivity contribution in [2.75, 3.05) is 40.5 Å². The number of benzene rings is 1. The first-order valence-electron chi connectivity index (χ1n) is 10.5. The van der Waals surface area contributed by atoms with E-state index in [0.717, 1.165) is 42.1 Å². The number of nitrogens with one attached hydrogen (secondary N) is 1. The average Bonchev–Trinajstić information content (AvgIpc) is 3.27. The number of likely N-dealkylation sites (tertiary alicyclic amines) is 1. The summed E-state index contributed by atoms with van der Waals surface area (Å²) in [6.45, 7) is 7.93. The number of methoxy groups -OCH3 is 2. The Kier molecular flexibility index (Phi) is 6.08. The Morgan fingerprint density at radius 2 is 1.74 bits per heavy atom. The van der Waals surface area contributed by atoms with Gasteiger partial charge in [-0.15, -0.1) is 0 Å². The molecule has 1 aliphatic heterocycles. The molecule has 2 aromatic heterocycles. The molecule has 4 rings (SSSR count). The number of hydrogen-bond acceptors (Lipinski definition) is 7. The molecule has 164 valence electrons. The van der Waals surface area contributed by atoms with Gasteiger partial charge in [-0.25, -0.2) is 4.98 Å². The molecule has 0 bridgehead atoms. The second-order valence-electron chi connectivity index (χ2n) is 7.82. The second-order valence-corrected chi connectivity index (χ2v) is 7.82. The molecule has 1 aliphatic rings. The lowest BCUT2D eigenvalue weighted by Gasteiger charge is -2.18. The number of ether oxygens (including phenoxy) is 3. The van der Waals surface area contributed by atoms with Crippen LogP contribution in [-0.4, -0.2) is 60.3 Å². The smallest absolute Gasteiger partial charge is 0.264 e. The SMILES string of the molecule is COc1cc(OC)c2c(=O)[nH]c(-c3cc(C)c(OCCN4CCCC4)c(C)c3)nc2n1. The highest BCUT2D eigenvalue weighted by molar-refractivity contribution is 5.83. The van der Waals surface area contributed by atoms with Crippen LogP contribution in [0.3, 0.4) is 0 Å². The Balaban J connectivity index is 1.65. The Morgan fingerprint density at radius 3 is 2.39 bits per heavy atom. The number of fused-ring (bicyclic) bond motifs is 1. The molecule has 0 amide bonds. The molecule has 0 radical (unpaired) electrons. The van der Waals surface area contributed by atoms with Crippen molar-refractivity contribution in [3.05, 3.63) is 39.7 Å². The lowest BCUT2D eigenvalue weighted by molar-refractivity contribution is 0.236. The Hall–Kier alpha value is -3.13. The van der Waals surface area contributed by atoms with Gasteiger partial charge in [0.15, 0.2) is 5.65 Å². The van der Waals surface area contributed by atoms with Crippen molar-refractivity contribution in [3.63, 3.8) is 0 Å². The Morgan fingerprint density at radius 1 is 1.03 bits per heavy atom. The zero-order valence-corrected chi connectivity index (χ0v) is 18.4. The predicted octanol–water partition coefficient (Wildman–Crippen LogP) is 3.09. The second kappa shape index (κ2) is 8.93. The normalized spacial score (nSPS) is 14.2. The van der Waals surface area contributed by atoms with E-state index in [9.17, 15) is 4.79 Å². The molecule has 1 N–H and O–H groups in total. The van der Waals surface area contributed by atoms with Crippen LogP contribution in [-0.2, 0) is 0 Å². The highest BCUT2D eigenvalue weighted by atomic mass is 16.5. The van der Waals surface area contributed by atoms with Crippen LogP contribution >= 0.6 is 0 Å². The summed E-state index contributed by atoms with van der Waals surface area (Å²) in [5, 5.41) is 0.294. The molecule has 3 aromatic rings. The van der Waals surface area contributed by atoms with Gasteiger partial charge >= 0.3 is 0 Å². The molecule has 1 fully saturated rings. The van der Waals surface area contributed by atoms with Crippen LogP contribution in [0.15, 0.2) is 23.0 Å².